The molecule has 0 atom stereocenters. The predicted octanol–water partition coefficient (Wildman–Crippen LogP) is 1.74. The maximum atomic E-state index is 4.00. The molecule has 21 heavy (non-hydrogen) atoms. The van der Waals surface area contributed by atoms with Crippen molar-refractivity contribution in [2.75, 3.05) is 40.6 Å². The van der Waals surface area contributed by atoms with Crippen molar-refractivity contribution >= 4 is 17.6 Å². The summed E-state index contributed by atoms with van der Waals surface area (Å²) in [6.07, 6.45) is 0. The number of para-hydroxylation sites is 1. The lowest BCUT2D eigenvalue weighted by atomic mass is 10.3. The van der Waals surface area contributed by atoms with Gasteiger partial charge in [0, 0.05) is 40.9 Å². The number of anilines is 1. The van der Waals surface area contributed by atoms with Gasteiger partial charge in [0.2, 0.25) is 0 Å². The summed E-state index contributed by atoms with van der Waals surface area (Å²) in [6.45, 7) is 4.00. The second-order valence-electron chi connectivity index (χ2n) is 3.39. The summed E-state index contributed by atoms with van der Waals surface area (Å²) in [7, 11) is 8.93. The fraction of sp³-hybridized carbons (Fsp3) is 0.467. The van der Waals surface area contributed by atoms with E-state index in [0.717, 1.165) is 17.6 Å². The van der Waals surface area contributed by atoms with Crippen LogP contribution in [0.25, 0.3) is 0 Å². The van der Waals surface area contributed by atoms with E-state index in [9.17, 15) is 0 Å². The zero-order valence-corrected chi connectivity index (χ0v) is 14.3. The summed E-state index contributed by atoms with van der Waals surface area (Å²) in [5.41, 5.74) is 1.03. The maximum absolute atomic E-state index is 4.00. The first kappa shape index (κ1) is 21.1. The fourth-order valence-corrected chi connectivity index (χ4v) is 1.24. The van der Waals surface area contributed by atoms with Gasteiger partial charge in [0.05, 0.1) is 0 Å². The highest BCUT2D eigenvalue weighted by Crippen LogP contribution is 2.03. The van der Waals surface area contributed by atoms with E-state index in [-0.39, 0.29) is 0 Å². The molecule has 0 saturated heterocycles. The van der Waals surface area contributed by atoms with Crippen LogP contribution in [0.15, 0.2) is 40.3 Å². The van der Waals surface area contributed by atoms with E-state index < -0.39 is 0 Å². The molecule has 0 fully saturated rings. The second-order valence-corrected chi connectivity index (χ2v) is 3.39. The topological polar surface area (TPSA) is 72.8 Å². The molecule has 0 saturated carbocycles. The molecule has 0 spiro atoms. The molecular formula is C15H30N6. The largest absolute Gasteiger partial charge is 0.359 e. The van der Waals surface area contributed by atoms with Crippen molar-refractivity contribution in [3.8, 4) is 0 Å². The smallest absolute Gasteiger partial charge is 0.195 e. The molecule has 1 aromatic carbocycles. The highest BCUT2D eigenvalue weighted by atomic mass is 15.2. The molecule has 120 valence electrons. The Morgan fingerprint density at radius 3 is 1.48 bits per heavy atom. The molecule has 1 rings (SSSR count). The van der Waals surface area contributed by atoms with Gasteiger partial charge in [-0.05, 0) is 12.1 Å². The van der Waals surface area contributed by atoms with Crippen molar-refractivity contribution < 1.29 is 0 Å². The van der Waals surface area contributed by atoms with Crippen LogP contribution in [0.1, 0.15) is 13.8 Å². The Hall–Kier alpha value is -2.24. The summed E-state index contributed by atoms with van der Waals surface area (Å²) < 4.78 is 0. The summed E-state index contributed by atoms with van der Waals surface area (Å²) >= 11 is 0. The minimum Gasteiger partial charge on any atom is -0.359 e. The van der Waals surface area contributed by atoms with Gasteiger partial charge < -0.3 is 21.3 Å². The molecule has 0 amide bonds. The summed E-state index contributed by atoms with van der Waals surface area (Å²) in [5, 5.41) is 11.7. The van der Waals surface area contributed by atoms with E-state index in [0.29, 0.717) is 0 Å². The number of hydrogen-bond donors (Lipinski definition) is 4. The van der Waals surface area contributed by atoms with Gasteiger partial charge in [-0.3, -0.25) is 9.98 Å². The molecule has 0 unspecified atom stereocenters. The highest BCUT2D eigenvalue weighted by molar-refractivity contribution is 5.93. The molecular weight excluding hydrogens is 264 g/mol. The van der Waals surface area contributed by atoms with Crippen molar-refractivity contribution in [1.29, 1.82) is 0 Å². The van der Waals surface area contributed by atoms with Crippen molar-refractivity contribution in [1.82, 2.24) is 16.0 Å². The van der Waals surface area contributed by atoms with Crippen LogP contribution in [-0.2, 0) is 0 Å². The number of guanidine groups is 2. The van der Waals surface area contributed by atoms with Gasteiger partial charge in [-0.2, -0.15) is 0 Å². The van der Waals surface area contributed by atoms with E-state index in [1.54, 1.807) is 14.1 Å². The molecule has 0 aromatic heterocycles. The van der Waals surface area contributed by atoms with Crippen LogP contribution in [-0.4, -0.2) is 47.2 Å². The molecule has 0 aliphatic rings. The number of nitrogens with zero attached hydrogens (tertiary/aromatic N) is 2. The zero-order chi connectivity index (χ0) is 16.5. The van der Waals surface area contributed by atoms with Gasteiger partial charge in [0.25, 0.3) is 0 Å². The van der Waals surface area contributed by atoms with E-state index in [4.69, 9.17) is 0 Å². The minimum absolute atomic E-state index is 0.765. The molecule has 0 radical (unpaired) electrons. The van der Waals surface area contributed by atoms with Crippen molar-refractivity contribution in [2.24, 2.45) is 9.98 Å². The number of rotatable bonds is 1. The summed E-state index contributed by atoms with van der Waals surface area (Å²) in [5.74, 6) is 1.57. The summed E-state index contributed by atoms with van der Waals surface area (Å²) in [6, 6.07) is 9.91. The van der Waals surface area contributed by atoms with Gasteiger partial charge >= 0.3 is 0 Å². The zero-order valence-electron chi connectivity index (χ0n) is 14.3. The standard InChI is InChI=1S/C9H13N3.C4H11N3.C2H6/c1-10-9(11-2)12-8-6-4-3-5-7-8;1-5-4(6-2)7-3;1-2/h3-7H,1-2H3,(H2,10,11,12);1-3H3,(H2,5,6,7);1-2H3. The van der Waals surface area contributed by atoms with E-state index in [1.807, 2.05) is 65.3 Å². The molecule has 0 bridgehead atoms. The van der Waals surface area contributed by atoms with Crippen LogP contribution in [0.2, 0.25) is 0 Å². The van der Waals surface area contributed by atoms with E-state index in [2.05, 4.69) is 31.3 Å². The molecule has 6 heteroatoms. The van der Waals surface area contributed by atoms with E-state index >= 15 is 0 Å². The SMILES string of the molecule is CC.CN=C(NC)NC.CN=C(NC)Nc1ccccc1. The molecule has 1 aromatic rings. The molecule has 6 nitrogen and oxygen atoms in total. The first-order valence-corrected chi connectivity index (χ1v) is 7.00. The molecule has 0 aliphatic heterocycles. The number of hydrogen-bond acceptors (Lipinski definition) is 2. The van der Waals surface area contributed by atoms with E-state index in [1.165, 1.54) is 0 Å². The van der Waals surface area contributed by atoms with Crippen LogP contribution in [0.3, 0.4) is 0 Å². The van der Waals surface area contributed by atoms with Crippen molar-refractivity contribution in [3.63, 3.8) is 0 Å². The molecule has 0 aliphatic carbocycles. The van der Waals surface area contributed by atoms with Gasteiger partial charge in [0.1, 0.15) is 0 Å². The van der Waals surface area contributed by atoms with Crippen molar-refractivity contribution in [2.45, 2.75) is 13.8 Å². The van der Waals surface area contributed by atoms with Gasteiger partial charge in [-0.25, -0.2) is 0 Å². The Kier molecular flexibility index (Phi) is 15.9. The average Bonchev–Trinajstić information content (AvgIpc) is 2.57. The Morgan fingerprint density at radius 2 is 1.19 bits per heavy atom. The van der Waals surface area contributed by atoms with Gasteiger partial charge in [-0.15, -0.1) is 0 Å². The number of benzene rings is 1. The Balaban J connectivity index is 0. The second kappa shape index (κ2) is 15.8. The van der Waals surface area contributed by atoms with Crippen LogP contribution < -0.4 is 21.3 Å². The third kappa shape index (κ3) is 11.3. The lowest BCUT2D eigenvalue weighted by Gasteiger charge is -2.07. The van der Waals surface area contributed by atoms with Crippen LogP contribution in [0, 0.1) is 0 Å². The van der Waals surface area contributed by atoms with Gasteiger partial charge in [0.15, 0.2) is 11.9 Å². The highest BCUT2D eigenvalue weighted by Gasteiger charge is 1.92. The van der Waals surface area contributed by atoms with Crippen LogP contribution >= 0.6 is 0 Å². The molecule has 4 N–H and O–H groups in total. The Bertz CT molecular complexity index is 380. The van der Waals surface area contributed by atoms with Crippen LogP contribution in [0.4, 0.5) is 5.69 Å². The third-order valence-electron chi connectivity index (χ3n) is 2.19. The quantitative estimate of drug-likeness (QED) is 0.470. The third-order valence-corrected chi connectivity index (χ3v) is 2.19. The van der Waals surface area contributed by atoms with Crippen LogP contribution in [0.5, 0.6) is 0 Å². The monoisotopic (exact) mass is 294 g/mol. The first-order valence-electron chi connectivity index (χ1n) is 7.00. The Morgan fingerprint density at radius 1 is 0.762 bits per heavy atom. The maximum Gasteiger partial charge on any atom is 0.195 e. The lowest BCUT2D eigenvalue weighted by molar-refractivity contribution is 1.01. The average molecular weight is 294 g/mol. The summed E-state index contributed by atoms with van der Waals surface area (Å²) in [4.78, 5) is 7.82. The predicted molar refractivity (Wildman–Crippen MR) is 95.3 cm³/mol. The Labute approximate surface area is 129 Å². The number of aliphatic imine (C=N–C) groups is 2. The molecule has 0 heterocycles. The first-order chi connectivity index (χ1) is 10.2. The lowest BCUT2D eigenvalue weighted by Crippen LogP contribution is -2.31. The van der Waals surface area contributed by atoms with Crippen molar-refractivity contribution in [3.05, 3.63) is 30.3 Å². The fourth-order valence-electron chi connectivity index (χ4n) is 1.24. The minimum atomic E-state index is 0.765. The number of nitrogens with one attached hydrogen (secondary N) is 4. The van der Waals surface area contributed by atoms with Gasteiger partial charge in [-0.1, -0.05) is 32.0 Å². The normalized spacial score (nSPS) is 9.00.